The maximum Gasteiger partial charge on any atom is 0.271 e. The molecule has 3 heterocycles. The van der Waals surface area contributed by atoms with Gasteiger partial charge in [0.25, 0.3) is 5.91 Å². The second-order valence-corrected chi connectivity index (χ2v) is 8.04. The lowest BCUT2D eigenvalue weighted by molar-refractivity contribution is 0.0556. The van der Waals surface area contributed by atoms with E-state index in [0.29, 0.717) is 6.54 Å². The topological polar surface area (TPSA) is 37.7 Å². The van der Waals surface area contributed by atoms with Crippen molar-refractivity contribution < 1.29 is 13.9 Å². The standard InChI is InChI=1S/C24H24FN3O2/c1-30-20-5-2-4-18(12-20)13-26-15-22-23(16-26)28(14-17-7-9-19(25)10-8-17)24(29)21-6-3-11-27(21)22/h2-12,22-23H,13-16H2,1H3/t22-,23+/m0/s1. The monoisotopic (exact) mass is 405 g/mol. The van der Waals surface area contributed by atoms with Crippen LogP contribution >= 0.6 is 0 Å². The fourth-order valence-electron chi connectivity index (χ4n) is 4.72. The average Bonchev–Trinajstić information content (AvgIpc) is 3.40. The lowest BCUT2D eigenvalue weighted by Gasteiger charge is -2.38. The third kappa shape index (κ3) is 3.37. The SMILES string of the molecule is COc1cccc(CN2C[C@@H]3[C@H](C2)n2cccc2C(=O)N3Cc2ccc(F)cc2)c1. The van der Waals surface area contributed by atoms with Crippen LogP contribution in [0.15, 0.2) is 66.9 Å². The number of nitrogens with zero attached hydrogens (tertiary/aromatic N) is 3. The summed E-state index contributed by atoms with van der Waals surface area (Å²) in [5.74, 6) is 0.625. The number of rotatable bonds is 5. The molecule has 0 N–H and O–H groups in total. The zero-order valence-corrected chi connectivity index (χ0v) is 16.9. The molecule has 5 nitrogen and oxygen atoms in total. The highest BCUT2D eigenvalue weighted by atomic mass is 19.1. The minimum atomic E-state index is -0.263. The molecule has 5 rings (SSSR count). The third-order valence-corrected chi connectivity index (χ3v) is 6.16. The molecule has 3 aromatic rings. The third-order valence-electron chi connectivity index (χ3n) is 6.16. The van der Waals surface area contributed by atoms with E-state index in [-0.39, 0.29) is 23.8 Å². The molecule has 0 bridgehead atoms. The molecule has 0 unspecified atom stereocenters. The molecule has 1 saturated heterocycles. The Hall–Kier alpha value is -3.12. The zero-order valence-electron chi connectivity index (χ0n) is 16.9. The van der Waals surface area contributed by atoms with E-state index in [9.17, 15) is 9.18 Å². The molecular formula is C24H24FN3O2. The molecule has 1 aromatic heterocycles. The van der Waals surface area contributed by atoms with E-state index in [1.165, 1.54) is 17.7 Å². The van der Waals surface area contributed by atoms with Crippen molar-refractivity contribution in [2.24, 2.45) is 0 Å². The van der Waals surface area contributed by atoms with Crippen LogP contribution in [0.25, 0.3) is 0 Å². The highest BCUT2D eigenvalue weighted by Crippen LogP contribution is 2.35. The molecule has 0 aliphatic carbocycles. The van der Waals surface area contributed by atoms with Gasteiger partial charge in [-0.2, -0.15) is 0 Å². The number of hydrogen-bond acceptors (Lipinski definition) is 3. The van der Waals surface area contributed by atoms with Gasteiger partial charge in [-0.15, -0.1) is 0 Å². The molecule has 0 saturated carbocycles. The lowest BCUT2D eigenvalue weighted by atomic mass is 10.0. The van der Waals surface area contributed by atoms with E-state index < -0.39 is 0 Å². The van der Waals surface area contributed by atoms with Gasteiger partial charge in [-0.05, 0) is 47.5 Å². The molecule has 30 heavy (non-hydrogen) atoms. The minimum absolute atomic E-state index is 0.0359. The van der Waals surface area contributed by atoms with Crippen molar-refractivity contribution in [2.75, 3.05) is 20.2 Å². The van der Waals surface area contributed by atoms with E-state index in [1.807, 2.05) is 35.4 Å². The Morgan fingerprint density at radius 2 is 1.77 bits per heavy atom. The predicted octanol–water partition coefficient (Wildman–Crippen LogP) is 3.72. The number of hydrogen-bond donors (Lipinski definition) is 0. The summed E-state index contributed by atoms with van der Waals surface area (Å²) in [7, 11) is 1.68. The van der Waals surface area contributed by atoms with E-state index in [2.05, 4.69) is 21.6 Å². The van der Waals surface area contributed by atoms with E-state index in [0.717, 1.165) is 36.6 Å². The highest BCUT2D eigenvalue weighted by Gasteiger charge is 2.44. The molecule has 1 fully saturated rings. The van der Waals surface area contributed by atoms with Crippen LogP contribution < -0.4 is 4.74 Å². The smallest absolute Gasteiger partial charge is 0.271 e. The number of amides is 1. The summed E-state index contributed by atoms with van der Waals surface area (Å²) < 4.78 is 20.8. The van der Waals surface area contributed by atoms with Crippen LogP contribution in [0.2, 0.25) is 0 Å². The van der Waals surface area contributed by atoms with Crippen molar-refractivity contribution >= 4 is 5.91 Å². The first kappa shape index (κ1) is 18.9. The minimum Gasteiger partial charge on any atom is -0.497 e. The Morgan fingerprint density at radius 1 is 0.967 bits per heavy atom. The Balaban J connectivity index is 1.41. The van der Waals surface area contributed by atoms with Gasteiger partial charge >= 0.3 is 0 Å². The van der Waals surface area contributed by atoms with Crippen LogP contribution in [0.4, 0.5) is 4.39 Å². The Kier molecular flexibility index (Phi) is 4.79. The van der Waals surface area contributed by atoms with Crippen molar-refractivity contribution in [3.63, 3.8) is 0 Å². The summed E-state index contributed by atoms with van der Waals surface area (Å²) in [6.07, 6.45) is 2.01. The number of fused-ring (bicyclic) bond motifs is 3. The quantitative estimate of drug-likeness (QED) is 0.649. The van der Waals surface area contributed by atoms with Gasteiger partial charge in [0.05, 0.1) is 19.2 Å². The molecule has 2 atom stereocenters. The van der Waals surface area contributed by atoms with Gasteiger partial charge in [-0.25, -0.2) is 4.39 Å². The maximum atomic E-state index is 13.3. The van der Waals surface area contributed by atoms with Crippen LogP contribution in [-0.4, -0.2) is 46.5 Å². The number of benzene rings is 2. The van der Waals surface area contributed by atoms with Crippen LogP contribution in [-0.2, 0) is 13.1 Å². The van der Waals surface area contributed by atoms with Gasteiger partial charge in [0, 0.05) is 32.4 Å². The van der Waals surface area contributed by atoms with E-state index in [4.69, 9.17) is 4.74 Å². The van der Waals surface area contributed by atoms with Crippen molar-refractivity contribution in [1.82, 2.24) is 14.4 Å². The molecule has 2 aliphatic rings. The lowest BCUT2D eigenvalue weighted by Crippen LogP contribution is -2.49. The summed E-state index contributed by atoms with van der Waals surface area (Å²) in [5, 5.41) is 0. The number of likely N-dealkylation sites (tertiary alicyclic amines) is 1. The molecule has 0 radical (unpaired) electrons. The fourth-order valence-corrected chi connectivity index (χ4v) is 4.72. The molecule has 2 aromatic carbocycles. The van der Waals surface area contributed by atoms with Crippen LogP contribution in [0.3, 0.4) is 0 Å². The summed E-state index contributed by atoms with van der Waals surface area (Å²) in [5.41, 5.74) is 2.86. The Morgan fingerprint density at radius 3 is 2.57 bits per heavy atom. The summed E-state index contributed by atoms with van der Waals surface area (Å²) in [6.45, 7) is 2.96. The van der Waals surface area contributed by atoms with E-state index in [1.54, 1.807) is 19.2 Å². The number of carbonyl (C=O) groups is 1. The van der Waals surface area contributed by atoms with Crippen molar-refractivity contribution in [2.45, 2.75) is 25.2 Å². The maximum absolute atomic E-state index is 13.3. The van der Waals surface area contributed by atoms with Crippen molar-refractivity contribution in [3.8, 4) is 5.75 Å². The predicted molar refractivity (Wildman–Crippen MR) is 112 cm³/mol. The normalized spacial score (nSPS) is 20.9. The number of halogens is 1. The largest absolute Gasteiger partial charge is 0.497 e. The number of methoxy groups -OCH3 is 1. The number of aromatic nitrogens is 1. The Bertz CT molecular complexity index is 1060. The average molecular weight is 405 g/mol. The summed E-state index contributed by atoms with van der Waals surface area (Å²) >= 11 is 0. The van der Waals surface area contributed by atoms with Gasteiger partial charge in [0.15, 0.2) is 0 Å². The van der Waals surface area contributed by atoms with Gasteiger partial charge in [0.2, 0.25) is 0 Å². The molecule has 0 spiro atoms. The van der Waals surface area contributed by atoms with Crippen LogP contribution in [0.1, 0.15) is 27.7 Å². The number of carbonyl (C=O) groups excluding carboxylic acids is 1. The number of ether oxygens (including phenoxy) is 1. The van der Waals surface area contributed by atoms with Crippen LogP contribution in [0, 0.1) is 5.82 Å². The van der Waals surface area contributed by atoms with Crippen molar-refractivity contribution in [3.05, 3.63) is 89.5 Å². The van der Waals surface area contributed by atoms with Gasteiger partial charge in [-0.3, -0.25) is 9.69 Å². The molecule has 6 heteroatoms. The first-order valence-electron chi connectivity index (χ1n) is 10.2. The fraction of sp³-hybridized carbons (Fsp3) is 0.292. The molecule has 154 valence electrons. The summed E-state index contributed by atoms with van der Waals surface area (Å²) in [6, 6.07) is 18.7. The second-order valence-electron chi connectivity index (χ2n) is 8.04. The summed E-state index contributed by atoms with van der Waals surface area (Å²) in [4.78, 5) is 17.6. The first-order valence-corrected chi connectivity index (χ1v) is 10.2. The highest BCUT2D eigenvalue weighted by molar-refractivity contribution is 5.94. The first-order chi connectivity index (χ1) is 14.6. The second kappa shape index (κ2) is 7.61. The molecule has 1 amide bonds. The molecule has 2 aliphatic heterocycles. The van der Waals surface area contributed by atoms with Gasteiger partial charge in [-0.1, -0.05) is 24.3 Å². The van der Waals surface area contributed by atoms with Crippen LogP contribution in [0.5, 0.6) is 5.75 Å². The zero-order chi connectivity index (χ0) is 20.7. The van der Waals surface area contributed by atoms with Gasteiger partial charge in [0.1, 0.15) is 17.3 Å². The van der Waals surface area contributed by atoms with Gasteiger partial charge < -0.3 is 14.2 Å². The van der Waals surface area contributed by atoms with Crippen molar-refractivity contribution in [1.29, 1.82) is 0 Å². The molecular weight excluding hydrogens is 381 g/mol. The Labute approximate surface area is 175 Å². The van der Waals surface area contributed by atoms with E-state index >= 15 is 0 Å².